The van der Waals surface area contributed by atoms with E-state index in [1.54, 1.807) is 0 Å². The third kappa shape index (κ3) is 1.03. The molecule has 0 bridgehead atoms. The van der Waals surface area contributed by atoms with Crippen molar-refractivity contribution in [2.75, 3.05) is 0 Å². The quantitative estimate of drug-likeness (QED) is 0.476. The zero-order valence-corrected chi connectivity index (χ0v) is 6.58. The van der Waals surface area contributed by atoms with Crippen LogP contribution in [0.1, 0.15) is 5.56 Å². The minimum atomic E-state index is -0.248. The second-order valence-corrected chi connectivity index (χ2v) is 2.87. The smallest absolute Gasteiger partial charge is 0.159 e. The average molecular weight is 162 g/mol. The van der Waals surface area contributed by atoms with Crippen molar-refractivity contribution in [2.24, 2.45) is 5.73 Å². The number of rotatable bonds is 1. The lowest BCUT2D eigenvalue weighted by Crippen LogP contribution is -2.31. The summed E-state index contributed by atoms with van der Waals surface area (Å²) in [7, 11) is 0. The van der Waals surface area contributed by atoms with Crippen molar-refractivity contribution in [3.63, 3.8) is 0 Å². The van der Waals surface area contributed by atoms with E-state index in [4.69, 9.17) is 15.9 Å². The van der Waals surface area contributed by atoms with Gasteiger partial charge in [0.25, 0.3) is 0 Å². The third-order valence-electron chi connectivity index (χ3n) is 1.99. The van der Waals surface area contributed by atoms with Crippen molar-refractivity contribution in [1.29, 1.82) is 5.41 Å². The van der Waals surface area contributed by atoms with Gasteiger partial charge in [-0.05, 0) is 11.6 Å². The van der Waals surface area contributed by atoms with Crippen LogP contribution in [-0.4, -0.2) is 11.9 Å². The van der Waals surface area contributed by atoms with Gasteiger partial charge in [0, 0.05) is 6.42 Å². The second-order valence-electron chi connectivity index (χ2n) is 2.87. The molecule has 0 aromatic heterocycles. The lowest BCUT2D eigenvalue weighted by atomic mass is 10.1. The summed E-state index contributed by atoms with van der Waals surface area (Å²) in [5.41, 5.74) is 6.47. The fraction of sp³-hybridized carbons (Fsp3) is 0.222. The first-order valence-electron chi connectivity index (χ1n) is 3.86. The van der Waals surface area contributed by atoms with Crippen LogP contribution in [0.15, 0.2) is 24.3 Å². The van der Waals surface area contributed by atoms with E-state index in [2.05, 4.69) is 0 Å². The summed E-state index contributed by atoms with van der Waals surface area (Å²) in [6.07, 6.45) is 0.480. The molecule has 1 atom stereocenters. The maximum Gasteiger partial charge on any atom is 0.159 e. The zero-order chi connectivity index (χ0) is 8.55. The molecule has 0 fully saturated rings. The molecule has 1 unspecified atom stereocenters. The molecule has 12 heavy (non-hydrogen) atoms. The van der Waals surface area contributed by atoms with Gasteiger partial charge in [-0.2, -0.15) is 0 Å². The Labute approximate surface area is 70.7 Å². The maximum absolute atomic E-state index is 7.22. The van der Waals surface area contributed by atoms with Crippen molar-refractivity contribution in [1.82, 2.24) is 0 Å². The minimum absolute atomic E-state index is 0.103. The Morgan fingerprint density at radius 3 is 2.92 bits per heavy atom. The highest BCUT2D eigenvalue weighted by molar-refractivity contribution is 5.83. The molecule has 1 aromatic rings. The molecule has 0 saturated heterocycles. The van der Waals surface area contributed by atoms with Crippen molar-refractivity contribution < 1.29 is 4.74 Å². The van der Waals surface area contributed by atoms with E-state index in [0.717, 1.165) is 17.7 Å². The van der Waals surface area contributed by atoms with Crippen LogP contribution < -0.4 is 10.5 Å². The fourth-order valence-electron chi connectivity index (χ4n) is 1.36. The summed E-state index contributed by atoms with van der Waals surface area (Å²) >= 11 is 0. The largest absolute Gasteiger partial charge is 0.482 e. The van der Waals surface area contributed by atoms with Crippen LogP contribution in [0.2, 0.25) is 0 Å². The van der Waals surface area contributed by atoms with Gasteiger partial charge in [0.15, 0.2) is 6.10 Å². The zero-order valence-electron chi connectivity index (χ0n) is 6.58. The first kappa shape index (κ1) is 7.16. The Morgan fingerprint density at radius 1 is 1.50 bits per heavy atom. The topological polar surface area (TPSA) is 59.1 Å². The lowest BCUT2D eigenvalue weighted by molar-refractivity contribution is 0.299. The van der Waals surface area contributed by atoms with Crippen LogP contribution >= 0.6 is 0 Å². The van der Waals surface area contributed by atoms with Crippen LogP contribution in [0, 0.1) is 5.41 Å². The number of amidine groups is 1. The summed E-state index contributed by atoms with van der Waals surface area (Å²) in [6.45, 7) is 0. The molecule has 1 heterocycles. The Bertz CT molecular complexity index is 297. The molecule has 0 aliphatic carbocycles. The standard InChI is InChI=1S/C9H10N2O/c10-9(11)8-5-6-3-1-2-4-7(6)12-8/h1-4,8H,5H2,(H3,10,11). The van der Waals surface area contributed by atoms with Gasteiger partial charge in [-0.25, -0.2) is 0 Å². The molecule has 1 aliphatic heterocycles. The Kier molecular flexibility index (Phi) is 1.50. The molecule has 0 radical (unpaired) electrons. The Balaban J connectivity index is 2.27. The van der Waals surface area contributed by atoms with E-state index in [-0.39, 0.29) is 11.9 Å². The monoisotopic (exact) mass is 162 g/mol. The van der Waals surface area contributed by atoms with Crippen LogP contribution in [0.4, 0.5) is 0 Å². The normalized spacial score (nSPS) is 19.8. The van der Waals surface area contributed by atoms with E-state index in [9.17, 15) is 0 Å². The number of hydrogen-bond acceptors (Lipinski definition) is 2. The molecule has 3 nitrogen and oxygen atoms in total. The van der Waals surface area contributed by atoms with Gasteiger partial charge in [0.1, 0.15) is 11.6 Å². The maximum atomic E-state index is 7.22. The van der Waals surface area contributed by atoms with Crippen molar-refractivity contribution in [2.45, 2.75) is 12.5 Å². The predicted octanol–water partition coefficient (Wildman–Crippen LogP) is 0.926. The number of hydrogen-bond donors (Lipinski definition) is 2. The molecular weight excluding hydrogens is 152 g/mol. The summed E-state index contributed by atoms with van der Waals surface area (Å²) < 4.78 is 5.42. The highest BCUT2D eigenvalue weighted by Gasteiger charge is 2.24. The number of nitrogens with two attached hydrogens (primary N) is 1. The lowest BCUT2D eigenvalue weighted by Gasteiger charge is -2.06. The van der Waals surface area contributed by atoms with Gasteiger partial charge < -0.3 is 10.5 Å². The number of benzene rings is 1. The Hall–Kier alpha value is -1.51. The van der Waals surface area contributed by atoms with Crippen LogP contribution in [0.25, 0.3) is 0 Å². The summed E-state index contributed by atoms with van der Waals surface area (Å²) in [5.74, 6) is 0.962. The molecular formula is C9H10N2O. The summed E-state index contributed by atoms with van der Waals surface area (Å²) in [6, 6.07) is 7.78. The predicted molar refractivity (Wildman–Crippen MR) is 46.5 cm³/mol. The van der Waals surface area contributed by atoms with Crippen LogP contribution in [0.3, 0.4) is 0 Å². The van der Waals surface area contributed by atoms with E-state index in [1.807, 2.05) is 24.3 Å². The molecule has 62 valence electrons. The molecule has 3 N–H and O–H groups in total. The van der Waals surface area contributed by atoms with Crippen LogP contribution in [-0.2, 0) is 6.42 Å². The van der Waals surface area contributed by atoms with E-state index < -0.39 is 0 Å². The van der Waals surface area contributed by atoms with Gasteiger partial charge in [-0.1, -0.05) is 18.2 Å². The van der Waals surface area contributed by atoms with Gasteiger partial charge in [-0.3, -0.25) is 5.41 Å². The van der Waals surface area contributed by atoms with Gasteiger partial charge >= 0.3 is 0 Å². The molecule has 1 aromatic carbocycles. The first-order valence-corrected chi connectivity index (χ1v) is 3.86. The van der Waals surface area contributed by atoms with E-state index in [0.29, 0.717) is 0 Å². The third-order valence-corrected chi connectivity index (χ3v) is 1.99. The van der Waals surface area contributed by atoms with E-state index in [1.165, 1.54) is 0 Å². The fourth-order valence-corrected chi connectivity index (χ4v) is 1.36. The Morgan fingerprint density at radius 2 is 2.25 bits per heavy atom. The second kappa shape index (κ2) is 2.52. The minimum Gasteiger partial charge on any atom is -0.482 e. The van der Waals surface area contributed by atoms with Crippen molar-refractivity contribution in [3.05, 3.63) is 29.8 Å². The summed E-state index contributed by atoms with van der Waals surface area (Å²) in [5, 5.41) is 7.22. The van der Waals surface area contributed by atoms with Gasteiger partial charge in [-0.15, -0.1) is 0 Å². The molecule has 1 aliphatic rings. The number of fused-ring (bicyclic) bond motifs is 1. The molecule has 3 heteroatoms. The SMILES string of the molecule is N=C(N)C1Cc2ccccc2O1. The van der Waals surface area contributed by atoms with E-state index >= 15 is 0 Å². The molecule has 0 amide bonds. The van der Waals surface area contributed by atoms with Crippen molar-refractivity contribution in [3.8, 4) is 5.75 Å². The molecule has 2 rings (SSSR count). The average Bonchev–Trinajstić information content (AvgIpc) is 2.46. The molecule has 0 spiro atoms. The summed E-state index contributed by atoms with van der Waals surface area (Å²) in [4.78, 5) is 0. The van der Waals surface area contributed by atoms with Crippen LogP contribution in [0.5, 0.6) is 5.75 Å². The highest BCUT2D eigenvalue weighted by atomic mass is 16.5. The first-order chi connectivity index (χ1) is 5.77. The molecule has 0 saturated carbocycles. The highest BCUT2D eigenvalue weighted by Crippen LogP contribution is 2.27. The number of ether oxygens (including phenoxy) is 1. The van der Waals surface area contributed by atoms with Gasteiger partial charge in [0.2, 0.25) is 0 Å². The number of para-hydroxylation sites is 1. The van der Waals surface area contributed by atoms with Crippen molar-refractivity contribution >= 4 is 5.84 Å². The number of nitrogens with one attached hydrogen (secondary N) is 1. The van der Waals surface area contributed by atoms with Gasteiger partial charge in [0.05, 0.1) is 0 Å².